The lowest BCUT2D eigenvalue weighted by molar-refractivity contribution is -0.122. The number of thiocarbonyl (C=S) groups is 1. The summed E-state index contributed by atoms with van der Waals surface area (Å²) in [5.41, 5.74) is 3.13. The average Bonchev–Trinajstić information content (AvgIpc) is 2.80. The number of anilines is 1. The summed E-state index contributed by atoms with van der Waals surface area (Å²) in [4.78, 5) is 26.8. The third kappa shape index (κ3) is 5.09. The van der Waals surface area contributed by atoms with E-state index in [1.165, 1.54) is 11.6 Å². The summed E-state index contributed by atoms with van der Waals surface area (Å²) in [5.74, 6) is -0.502. The second-order valence-electron chi connectivity index (χ2n) is 7.37. The monoisotopic (exact) mass is 496 g/mol. The highest BCUT2D eigenvalue weighted by Gasteiger charge is 2.35. The Balaban J connectivity index is 1.54. The molecule has 1 N–H and O–H groups in total. The number of ether oxygens (including phenoxy) is 1. The van der Waals surface area contributed by atoms with E-state index in [9.17, 15) is 9.59 Å². The molecular formula is C25H18Cl2N2O3S. The first kappa shape index (κ1) is 23.0. The van der Waals surface area contributed by atoms with E-state index in [1.807, 2.05) is 31.2 Å². The molecule has 0 aliphatic carbocycles. The lowest BCUT2D eigenvalue weighted by Crippen LogP contribution is -2.54. The molecule has 1 fully saturated rings. The maximum absolute atomic E-state index is 13.1. The van der Waals surface area contributed by atoms with Crippen molar-refractivity contribution in [1.29, 1.82) is 0 Å². The number of nitrogens with zero attached hydrogens (tertiary/aromatic N) is 1. The molecule has 1 heterocycles. The summed E-state index contributed by atoms with van der Waals surface area (Å²) >= 11 is 17.6. The van der Waals surface area contributed by atoms with Crippen molar-refractivity contribution in [2.75, 3.05) is 4.90 Å². The van der Waals surface area contributed by atoms with Crippen molar-refractivity contribution in [2.45, 2.75) is 13.5 Å². The number of carbonyl (C=O) groups is 2. The molecule has 33 heavy (non-hydrogen) atoms. The molecule has 0 bridgehead atoms. The van der Waals surface area contributed by atoms with Crippen LogP contribution in [0.15, 0.2) is 72.3 Å². The number of hydrogen-bond donors (Lipinski definition) is 1. The van der Waals surface area contributed by atoms with E-state index < -0.39 is 11.8 Å². The number of halogens is 2. The van der Waals surface area contributed by atoms with E-state index in [0.29, 0.717) is 23.6 Å². The molecule has 4 rings (SSSR count). The number of carbonyl (C=O) groups excluding carboxylic acids is 2. The highest BCUT2D eigenvalue weighted by Crippen LogP contribution is 2.34. The minimum absolute atomic E-state index is 0.0637. The van der Waals surface area contributed by atoms with Gasteiger partial charge < -0.3 is 4.74 Å². The van der Waals surface area contributed by atoms with Crippen LogP contribution in [0, 0.1) is 6.92 Å². The topological polar surface area (TPSA) is 58.6 Å². The molecule has 0 spiro atoms. The van der Waals surface area contributed by atoms with Crippen LogP contribution in [-0.4, -0.2) is 16.9 Å². The van der Waals surface area contributed by atoms with Gasteiger partial charge in [0.15, 0.2) is 5.11 Å². The zero-order chi connectivity index (χ0) is 23.5. The summed E-state index contributed by atoms with van der Waals surface area (Å²) in [6, 6.07) is 20.0. The minimum Gasteiger partial charge on any atom is -0.489 e. The molecule has 8 heteroatoms. The van der Waals surface area contributed by atoms with Crippen LogP contribution in [0.4, 0.5) is 5.69 Å². The summed E-state index contributed by atoms with van der Waals surface area (Å²) in [6.07, 6.45) is 1.49. The number of aryl methyl sites for hydroxylation is 1. The number of hydrogen-bond acceptors (Lipinski definition) is 4. The molecule has 1 aliphatic rings. The molecule has 0 unspecified atom stereocenters. The van der Waals surface area contributed by atoms with E-state index in [2.05, 4.69) is 5.32 Å². The first-order chi connectivity index (χ1) is 15.8. The number of rotatable bonds is 5. The first-order valence-corrected chi connectivity index (χ1v) is 11.1. The van der Waals surface area contributed by atoms with Gasteiger partial charge in [-0.25, -0.2) is 0 Å². The Morgan fingerprint density at radius 1 is 1.00 bits per heavy atom. The zero-order valence-electron chi connectivity index (χ0n) is 17.5. The molecular weight excluding hydrogens is 479 g/mol. The Hall–Kier alpha value is -3.19. The third-order valence-corrected chi connectivity index (χ3v) is 6.08. The van der Waals surface area contributed by atoms with Gasteiger partial charge >= 0.3 is 0 Å². The average molecular weight is 497 g/mol. The zero-order valence-corrected chi connectivity index (χ0v) is 19.8. The second kappa shape index (κ2) is 9.75. The van der Waals surface area contributed by atoms with Gasteiger partial charge in [0.05, 0.1) is 15.7 Å². The molecule has 3 aromatic rings. The Labute approximate surface area is 206 Å². The predicted octanol–water partition coefficient (Wildman–Crippen LogP) is 5.71. The van der Waals surface area contributed by atoms with Crippen LogP contribution in [0.3, 0.4) is 0 Å². The molecule has 0 aromatic heterocycles. The highest BCUT2D eigenvalue weighted by molar-refractivity contribution is 7.80. The molecule has 2 amide bonds. The predicted molar refractivity (Wildman–Crippen MR) is 135 cm³/mol. The van der Waals surface area contributed by atoms with E-state index in [4.69, 9.17) is 40.2 Å². The number of benzene rings is 3. The minimum atomic E-state index is -0.590. The molecule has 5 nitrogen and oxygen atoms in total. The molecule has 1 aliphatic heterocycles. The van der Waals surface area contributed by atoms with E-state index in [1.54, 1.807) is 42.5 Å². The van der Waals surface area contributed by atoms with Crippen molar-refractivity contribution in [2.24, 2.45) is 0 Å². The van der Waals surface area contributed by atoms with Gasteiger partial charge in [-0.3, -0.25) is 19.8 Å². The smallest absolute Gasteiger partial charge is 0.270 e. The number of amides is 2. The van der Waals surface area contributed by atoms with Crippen LogP contribution < -0.4 is 15.0 Å². The summed E-state index contributed by atoms with van der Waals surface area (Å²) < 4.78 is 5.81. The van der Waals surface area contributed by atoms with Gasteiger partial charge in [0.2, 0.25) is 0 Å². The van der Waals surface area contributed by atoms with Crippen LogP contribution in [0.25, 0.3) is 6.08 Å². The van der Waals surface area contributed by atoms with Crippen molar-refractivity contribution >= 4 is 64.1 Å². The Bertz CT molecular complexity index is 1270. The summed E-state index contributed by atoms with van der Waals surface area (Å²) in [7, 11) is 0. The van der Waals surface area contributed by atoms with Crippen molar-refractivity contribution in [3.63, 3.8) is 0 Å². The van der Waals surface area contributed by atoms with E-state index in [0.717, 1.165) is 10.5 Å². The van der Waals surface area contributed by atoms with Crippen LogP contribution in [0.2, 0.25) is 10.0 Å². The van der Waals surface area contributed by atoms with Gasteiger partial charge in [0.25, 0.3) is 11.8 Å². The fourth-order valence-corrected chi connectivity index (χ4v) is 3.87. The van der Waals surface area contributed by atoms with Crippen LogP contribution >= 0.6 is 35.4 Å². The standard InChI is InChI=1S/C25H18Cl2N2O3S/c1-15-5-7-17(8-6-15)14-32-18-11-9-16(10-12-18)13-19-23(30)28-25(33)29(24(19)31)21-4-2-3-20(26)22(21)27/h2-13H,14H2,1H3,(H,28,30,33)/b19-13+. The first-order valence-electron chi connectivity index (χ1n) is 9.97. The third-order valence-electron chi connectivity index (χ3n) is 4.99. The van der Waals surface area contributed by atoms with E-state index in [-0.39, 0.29) is 20.7 Å². The largest absolute Gasteiger partial charge is 0.489 e. The van der Waals surface area contributed by atoms with Gasteiger partial charge in [-0.1, -0.05) is 71.2 Å². The van der Waals surface area contributed by atoms with Crippen molar-refractivity contribution in [3.05, 3.63) is 99.0 Å². The van der Waals surface area contributed by atoms with Gasteiger partial charge in [-0.2, -0.15) is 0 Å². The Morgan fingerprint density at radius 2 is 1.70 bits per heavy atom. The summed E-state index contributed by atoms with van der Waals surface area (Å²) in [5, 5.41) is 2.91. The molecule has 1 saturated heterocycles. The Kier molecular flexibility index (Phi) is 6.79. The maximum atomic E-state index is 13.1. The maximum Gasteiger partial charge on any atom is 0.270 e. The fourth-order valence-electron chi connectivity index (χ4n) is 3.22. The van der Waals surface area contributed by atoms with Gasteiger partial charge in [0.1, 0.15) is 17.9 Å². The van der Waals surface area contributed by atoms with Gasteiger partial charge in [-0.15, -0.1) is 0 Å². The molecule has 0 radical (unpaired) electrons. The molecule has 0 atom stereocenters. The second-order valence-corrected chi connectivity index (χ2v) is 8.55. The van der Waals surface area contributed by atoms with Crippen LogP contribution in [0.5, 0.6) is 5.75 Å². The lowest BCUT2D eigenvalue weighted by atomic mass is 10.1. The van der Waals surface area contributed by atoms with Crippen LogP contribution in [0.1, 0.15) is 16.7 Å². The summed E-state index contributed by atoms with van der Waals surface area (Å²) in [6.45, 7) is 2.47. The van der Waals surface area contributed by atoms with Crippen molar-refractivity contribution in [1.82, 2.24) is 5.32 Å². The SMILES string of the molecule is Cc1ccc(COc2ccc(/C=C3\C(=O)NC(=S)N(c4cccc(Cl)c4Cl)C3=O)cc2)cc1. The van der Waals surface area contributed by atoms with Gasteiger partial charge in [0, 0.05) is 0 Å². The Morgan fingerprint density at radius 3 is 2.39 bits per heavy atom. The molecule has 3 aromatic carbocycles. The molecule has 166 valence electrons. The number of nitrogens with one attached hydrogen (secondary N) is 1. The van der Waals surface area contributed by atoms with Crippen molar-refractivity contribution < 1.29 is 14.3 Å². The lowest BCUT2D eigenvalue weighted by Gasteiger charge is -2.29. The normalized spacial score (nSPS) is 15.1. The van der Waals surface area contributed by atoms with E-state index >= 15 is 0 Å². The van der Waals surface area contributed by atoms with Crippen LogP contribution in [-0.2, 0) is 16.2 Å². The fraction of sp³-hybridized carbons (Fsp3) is 0.0800. The van der Waals surface area contributed by atoms with Crippen molar-refractivity contribution in [3.8, 4) is 5.75 Å². The quantitative estimate of drug-likeness (QED) is 0.279. The molecule has 0 saturated carbocycles. The highest BCUT2D eigenvalue weighted by atomic mass is 35.5. The van der Waals surface area contributed by atoms with Gasteiger partial charge in [-0.05, 0) is 60.6 Å².